The molecule has 1 atom stereocenters. The van der Waals surface area contributed by atoms with Gasteiger partial charge in [0.25, 0.3) is 5.56 Å². The van der Waals surface area contributed by atoms with E-state index in [9.17, 15) is 19.2 Å². The topological polar surface area (TPSA) is 103 Å². The maximum atomic E-state index is 12.9. The zero-order valence-electron chi connectivity index (χ0n) is 18.2. The number of ether oxygens (including phenoxy) is 1. The van der Waals surface area contributed by atoms with Crippen molar-refractivity contribution in [1.29, 1.82) is 0 Å². The number of thioether (sulfide) groups is 1. The minimum absolute atomic E-state index is 0.0702. The normalized spacial score (nSPS) is 17.6. The van der Waals surface area contributed by atoms with Gasteiger partial charge in [-0.15, -0.1) is 11.8 Å². The van der Waals surface area contributed by atoms with Crippen molar-refractivity contribution in [2.24, 2.45) is 7.05 Å². The first-order valence-electron chi connectivity index (χ1n) is 10.8. The molecule has 2 aliphatic rings. The number of halogens is 1. The van der Waals surface area contributed by atoms with Crippen molar-refractivity contribution < 1.29 is 14.3 Å². The molecule has 1 unspecified atom stereocenters. The molecule has 176 valence electrons. The SMILES string of the molecule is Cn1c(=O)n(CCCC2CN(c3ccc4c(c3)NC(=O)CS4)C(=O)O2)c(=O)c2ccc(Br)cc21. The minimum Gasteiger partial charge on any atom is -0.444 e. The number of carbonyl (C=O) groups excluding carboxylic acids is 2. The van der Waals surface area contributed by atoms with Gasteiger partial charge in [-0.25, -0.2) is 9.59 Å². The molecule has 2 amide bonds. The predicted octanol–water partition coefficient (Wildman–Crippen LogP) is 3.31. The molecule has 34 heavy (non-hydrogen) atoms. The number of fused-ring (bicyclic) bond motifs is 2. The van der Waals surface area contributed by atoms with E-state index in [0.717, 1.165) is 9.37 Å². The van der Waals surface area contributed by atoms with Gasteiger partial charge in [0, 0.05) is 28.6 Å². The van der Waals surface area contributed by atoms with E-state index >= 15 is 0 Å². The highest BCUT2D eigenvalue weighted by molar-refractivity contribution is 9.10. The lowest BCUT2D eigenvalue weighted by Crippen LogP contribution is -2.39. The molecule has 0 saturated carbocycles. The summed E-state index contributed by atoms with van der Waals surface area (Å²) in [5.41, 5.74) is 1.20. The Morgan fingerprint density at radius 3 is 2.79 bits per heavy atom. The van der Waals surface area contributed by atoms with Crippen LogP contribution >= 0.6 is 27.7 Å². The highest BCUT2D eigenvalue weighted by Gasteiger charge is 2.32. The number of aryl methyl sites for hydroxylation is 1. The maximum Gasteiger partial charge on any atom is 0.414 e. The van der Waals surface area contributed by atoms with Crippen molar-refractivity contribution in [3.8, 4) is 0 Å². The summed E-state index contributed by atoms with van der Waals surface area (Å²) in [5.74, 6) is 0.306. The highest BCUT2D eigenvalue weighted by Crippen LogP contribution is 2.35. The van der Waals surface area contributed by atoms with Crippen LogP contribution in [0.2, 0.25) is 0 Å². The summed E-state index contributed by atoms with van der Waals surface area (Å²) in [6.45, 7) is 0.588. The van der Waals surface area contributed by atoms with Crippen LogP contribution in [0.25, 0.3) is 10.9 Å². The third kappa shape index (κ3) is 4.14. The molecule has 0 spiro atoms. The molecule has 1 N–H and O–H groups in total. The zero-order chi connectivity index (χ0) is 24.0. The first kappa shape index (κ1) is 22.7. The number of aromatic nitrogens is 2. The number of carbonyl (C=O) groups is 2. The van der Waals surface area contributed by atoms with Crippen LogP contribution in [-0.4, -0.2) is 39.5 Å². The fourth-order valence-corrected chi connectivity index (χ4v) is 5.41. The summed E-state index contributed by atoms with van der Waals surface area (Å²) >= 11 is 4.83. The van der Waals surface area contributed by atoms with E-state index in [4.69, 9.17) is 4.74 Å². The molecule has 3 heterocycles. The Morgan fingerprint density at radius 2 is 1.97 bits per heavy atom. The number of nitrogens with zero attached hydrogens (tertiary/aromatic N) is 3. The third-order valence-electron chi connectivity index (χ3n) is 6.00. The van der Waals surface area contributed by atoms with Crippen molar-refractivity contribution in [2.75, 3.05) is 22.5 Å². The van der Waals surface area contributed by atoms with Crippen molar-refractivity contribution in [2.45, 2.75) is 30.4 Å². The van der Waals surface area contributed by atoms with Crippen LogP contribution < -0.4 is 21.5 Å². The minimum atomic E-state index is -0.455. The Bertz CT molecular complexity index is 1450. The summed E-state index contributed by atoms with van der Waals surface area (Å²) in [5, 5.41) is 3.30. The Balaban J connectivity index is 1.27. The van der Waals surface area contributed by atoms with Gasteiger partial charge < -0.3 is 10.1 Å². The largest absolute Gasteiger partial charge is 0.444 e. The lowest BCUT2D eigenvalue weighted by Gasteiger charge is -2.20. The monoisotopic (exact) mass is 544 g/mol. The fraction of sp³-hybridized carbons (Fsp3) is 0.304. The van der Waals surface area contributed by atoms with Gasteiger partial charge in [-0.2, -0.15) is 0 Å². The summed E-state index contributed by atoms with van der Waals surface area (Å²) in [6, 6.07) is 10.7. The van der Waals surface area contributed by atoms with E-state index in [-0.39, 0.29) is 29.8 Å². The van der Waals surface area contributed by atoms with Gasteiger partial charge in [-0.3, -0.25) is 23.6 Å². The molecule has 1 fully saturated rings. The van der Waals surface area contributed by atoms with E-state index in [1.165, 1.54) is 25.8 Å². The van der Waals surface area contributed by atoms with Crippen LogP contribution in [0.1, 0.15) is 12.8 Å². The Morgan fingerprint density at radius 1 is 1.15 bits per heavy atom. The van der Waals surface area contributed by atoms with Gasteiger partial charge >= 0.3 is 11.8 Å². The van der Waals surface area contributed by atoms with Crippen LogP contribution in [0.3, 0.4) is 0 Å². The molecule has 2 aromatic carbocycles. The summed E-state index contributed by atoms with van der Waals surface area (Å²) < 4.78 is 9.00. The smallest absolute Gasteiger partial charge is 0.414 e. The van der Waals surface area contributed by atoms with Crippen LogP contribution in [-0.2, 0) is 23.1 Å². The van der Waals surface area contributed by atoms with Crippen LogP contribution in [0.5, 0.6) is 0 Å². The van der Waals surface area contributed by atoms with Gasteiger partial charge in [0.15, 0.2) is 0 Å². The van der Waals surface area contributed by atoms with Crippen molar-refractivity contribution in [3.63, 3.8) is 0 Å². The zero-order valence-corrected chi connectivity index (χ0v) is 20.6. The Kier molecular flexibility index (Phi) is 5.98. The Hall–Kier alpha value is -3.05. The maximum absolute atomic E-state index is 12.9. The number of hydrogen-bond acceptors (Lipinski definition) is 6. The fourth-order valence-electron chi connectivity index (χ4n) is 4.28. The summed E-state index contributed by atoms with van der Waals surface area (Å²) in [6.07, 6.45) is 0.195. The third-order valence-corrected chi connectivity index (χ3v) is 7.57. The second-order valence-electron chi connectivity index (χ2n) is 8.24. The van der Waals surface area contributed by atoms with Crippen molar-refractivity contribution in [3.05, 3.63) is 61.7 Å². The predicted molar refractivity (Wildman–Crippen MR) is 134 cm³/mol. The lowest BCUT2D eigenvalue weighted by molar-refractivity contribution is -0.113. The quantitative estimate of drug-likeness (QED) is 0.528. The molecular weight excluding hydrogens is 524 g/mol. The van der Waals surface area contributed by atoms with Crippen LogP contribution in [0.15, 0.2) is 55.4 Å². The number of cyclic esters (lactones) is 1. The number of hydrogen-bond donors (Lipinski definition) is 1. The number of nitrogens with one attached hydrogen (secondary N) is 1. The van der Waals surface area contributed by atoms with E-state index in [1.54, 1.807) is 31.3 Å². The first-order chi connectivity index (χ1) is 16.3. The second kappa shape index (κ2) is 8.95. The number of amides is 2. The van der Waals surface area contributed by atoms with E-state index in [2.05, 4.69) is 21.2 Å². The number of benzene rings is 2. The van der Waals surface area contributed by atoms with Gasteiger partial charge in [-0.1, -0.05) is 15.9 Å². The van der Waals surface area contributed by atoms with E-state index in [0.29, 0.717) is 47.4 Å². The second-order valence-corrected chi connectivity index (χ2v) is 10.2. The molecule has 0 bridgehead atoms. The van der Waals surface area contributed by atoms with Crippen LogP contribution in [0, 0.1) is 0 Å². The molecule has 1 saturated heterocycles. The number of rotatable bonds is 5. The van der Waals surface area contributed by atoms with E-state index < -0.39 is 6.09 Å². The molecule has 0 radical (unpaired) electrons. The van der Waals surface area contributed by atoms with Crippen molar-refractivity contribution >= 4 is 62.0 Å². The first-order valence-corrected chi connectivity index (χ1v) is 12.5. The van der Waals surface area contributed by atoms with Gasteiger partial charge in [-0.05, 0) is 49.2 Å². The summed E-state index contributed by atoms with van der Waals surface area (Å²) in [4.78, 5) is 52.3. The summed E-state index contributed by atoms with van der Waals surface area (Å²) in [7, 11) is 1.64. The van der Waals surface area contributed by atoms with Gasteiger partial charge in [0.05, 0.1) is 28.9 Å². The van der Waals surface area contributed by atoms with Gasteiger partial charge in [0.2, 0.25) is 5.91 Å². The molecule has 3 aromatic rings. The molecule has 2 aliphatic heterocycles. The van der Waals surface area contributed by atoms with Gasteiger partial charge in [0.1, 0.15) is 6.10 Å². The molecule has 5 rings (SSSR count). The average molecular weight is 545 g/mol. The lowest BCUT2D eigenvalue weighted by atomic mass is 10.1. The molecule has 1 aromatic heterocycles. The molecule has 9 nitrogen and oxygen atoms in total. The van der Waals surface area contributed by atoms with E-state index in [1.807, 2.05) is 12.1 Å². The molecule has 11 heteroatoms. The standard InChI is InChI=1S/C23H21BrN4O5S/c1-26-18-9-13(24)4-6-16(18)21(30)27(22(26)31)8-2-3-15-11-28(23(32)33-15)14-5-7-19-17(10-14)25-20(29)12-34-19/h4-7,9-10,15H,2-3,8,11-12H2,1H3,(H,25,29). The molecular formula is C23H21BrN4O5S. The average Bonchev–Trinajstić information content (AvgIpc) is 3.19. The van der Waals surface area contributed by atoms with Crippen molar-refractivity contribution in [1.82, 2.24) is 9.13 Å². The number of anilines is 2. The van der Waals surface area contributed by atoms with Crippen LogP contribution in [0.4, 0.5) is 16.2 Å². The molecule has 0 aliphatic carbocycles. The Labute approximate surface area is 206 Å². The highest BCUT2D eigenvalue weighted by atomic mass is 79.9.